The Morgan fingerprint density at radius 1 is 1.44 bits per heavy atom. The van der Waals surface area contributed by atoms with Gasteiger partial charge in [-0.05, 0) is 18.3 Å². The van der Waals surface area contributed by atoms with Crippen molar-refractivity contribution in [2.75, 3.05) is 0 Å². The van der Waals surface area contributed by atoms with Gasteiger partial charge in [0.05, 0.1) is 0 Å². The van der Waals surface area contributed by atoms with Crippen molar-refractivity contribution in [1.82, 2.24) is 0 Å². The molecule has 0 aromatic heterocycles. The molecule has 0 spiro atoms. The van der Waals surface area contributed by atoms with Crippen molar-refractivity contribution >= 4 is 0 Å². The van der Waals surface area contributed by atoms with Gasteiger partial charge in [0, 0.05) is 6.04 Å². The third kappa shape index (κ3) is 1.16. The fourth-order valence-corrected chi connectivity index (χ4v) is 1.37. The highest BCUT2D eigenvalue weighted by atomic mass is 14.7. The highest BCUT2D eigenvalue weighted by Gasteiger charge is 2.22. The molecule has 2 unspecified atom stereocenters. The van der Waals surface area contributed by atoms with Gasteiger partial charge in [-0.1, -0.05) is 26.0 Å². The van der Waals surface area contributed by atoms with E-state index < -0.39 is 0 Å². The van der Waals surface area contributed by atoms with Gasteiger partial charge in [-0.3, -0.25) is 0 Å². The van der Waals surface area contributed by atoms with E-state index in [2.05, 4.69) is 26.0 Å². The highest BCUT2D eigenvalue weighted by molar-refractivity contribution is 5.07. The number of hydrogen-bond acceptors (Lipinski definition) is 1. The molecule has 9 heavy (non-hydrogen) atoms. The third-order valence-electron chi connectivity index (χ3n) is 2.23. The van der Waals surface area contributed by atoms with Gasteiger partial charge in [-0.15, -0.1) is 0 Å². The summed E-state index contributed by atoms with van der Waals surface area (Å²) in [5.41, 5.74) is 5.87. The lowest BCUT2D eigenvalue weighted by Gasteiger charge is -2.15. The van der Waals surface area contributed by atoms with Crippen LogP contribution >= 0.6 is 0 Å². The van der Waals surface area contributed by atoms with Crippen LogP contribution < -0.4 is 5.73 Å². The van der Waals surface area contributed by atoms with Gasteiger partial charge in [-0.25, -0.2) is 0 Å². The summed E-state index contributed by atoms with van der Waals surface area (Å²) in [6.45, 7) is 4.36. The molecule has 1 aliphatic carbocycles. The summed E-state index contributed by atoms with van der Waals surface area (Å²) in [6.07, 6.45) is 5.65. The monoisotopic (exact) mass is 125 g/mol. The SMILES string of the molecule is CC[C@@H]1C=CC(C)C1N. The van der Waals surface area contributed by atoms with E-state index in [9.17, 15) is 0 Å². The van der Waals surface area contributed by atoms with Crippen LogP contribution in [0.1, 0.15) is 20.3 Å². The van der Waals surface area contributed by atoms with Gasteiger partial charge in [-0.2, -0.15) is 0 Å². The first-order chi connectivity index (χ1) is 4.25. The van der Waals surface area contributed by atoms with Crippen LogP contribution in [0, 0.1) is 11.8 Å². The Balaban J connectivity index is 2.51. The summed E-state index contributed by atoms with van der Waals surface area (Å²) in [6, 6.07) is 0.384. The normalized spacial score (nSPS) is 41.9. The predicted molar refractivity (Wildman–Crippen MR) is 40.1 cm³/mol. The average Bonchev–Trinajstić information content (AvgIpc) is 2.15. The Morgan fingerprint density at radius 3 is 2.33 bits per heavy atom. The molecule has 3 atom stereocenters. The number of rotatable bonds is 1. The second kappa shape index (κ2) is 2.53. The van der Waals surface area contributed by atoms with Crippen LogP contribution in [-0.4, -0.2) is 6.04 Å². The zero-order chi connectivity index (χ0) is 6.85. The Hall–Kier alpha value is -0.300. The minimum absolute atomic E-state index is 0.384. The minimum atomic E-state index is 0.384. The van der Waals surface area contributed by atoms with E-state index in [1.54, 1.807) is 0 Å². The van der Waals surface area contributed by atoms with E-state index >= 15 is 0 Å². The van der Waals surface area contributed by atoms with Crippen molar-refractivity contribution in [3.8, 4) is 0 Å². The molecular formula is C8H15N. The lowest BCUT2D eigenvalue weighted by atomic mass is 9.96. The maximum absolute atomic E-state index is 5.87. The molecule has 0 radical (unpaired) electrons. The van der Waals surface area contributed by atoms with Crippen LogP contribution in [-0.2, 0) is 0 Å². The molecule has 0 saturated heterocycles. The Labute approximate surface area is 56.9 Å². The van der Waals surface area contributed by atoms with Crippen LogP contribution in [0.15, 0.2) is 12.2 Å². The zero-order valence-corrected chi connectivity index (χ0v) is 6.17. The first kappa shape index (κ1) is 6.81. The summed E-state index contributed by atoms with van der Waals surface area (Å²) >= 11 is 0. The largest absolute Gasteiger partial charge is 0.327 e. The molecule has 2 N–H and O–H groups in total. The second-order valence-corrected chi connectivity index (χ2v) is 2.89. The molecule has 1 aliphatic rings. The lowest BCUT2D eigenvalue weighted by molar-refractivity contribution is 0.448. The van der Waals surface area contributed by atoms with Gasteiger partial charge in [0.25, 0.3) is 0 Å². The van der Waals surface area contributed by atoms with Crippen molar-refractivity contribution in [3.05, 3.63) is 12.2 Å². The summed E-state index contributed by atoms with van der Waals surface area (Å²) in [7, 11) is 0. The average molecular weight is 125 g/mol. The van der Waals surface area contributed by atoms with Crippen LogP contribution in [0.5, 0.6) is 0 Å². The van der Waals surface area contributed by atoms with Gasteiger partial charge in [0.1, 0.15) is 0 Å². The molecule has 1 rings (SSSR count). The number of hydrogen-bond donors (Lipinski definition) is 1. The summed E-state index contributed by atoms with van der Waals surface area (Å²) in [4.78, 5) is 0. The van der Waals surface area contributed by atoms with Crippen molar-refractivity contribution < 1.29 is 0 Å². The zero-order valence-electron chi connectivity index (χ0n) is 6.17. The first-order valence-corrected chi connectivity index (χ1v) is 3.69. The number of nitrogens with two attached hydrogens (primary N) is 1. The molecule has 0 fully saturated rings. The smallest absolute Gasteiger partial charge is 0.0162 e. The minimum Gasteiger partial charge on any atom is -0.327 e. The molecule has 52 valence electrons. The maximum atomic E-state index is 5.87. The summed E-state index contributed by atoms with van der Waals surface area (Å²) in [5, 5.41) is 0. The lowest BCUT2D eigenvalue weighted by Crippen LogP contribution is -2.30. The molecule has 0 aromatic rings. The van der Waals surface area contributed by atoms with Gasteiger partial charge in [0.15, 0.2) is 0 Å². The standard InChI is InChI=1S/C8H15N/c1-3-7-5-4-6(2)8(7)9/h4-8H,3,9H2,1-2H3/t6?,7-,8?/m1/s1. The topological polar surface area (TPSA) is 26.0 Å². The van der Waals surface area contributed by atoms with E-state index in [4.69, 9.17) is 5.73 Å². The molecule has 0 amide bonds. The van der Waals surface area contributed by atoms with E-state index in [0.717, 1.165) is 0 Å². The molecule has 0 aliphatic heterocycles. The molecule has 1 heteroatoms. The van der Waals surface area contributed by atoms with Crippen LogP contribution in [0.2, 0.25) is 0 Å². The molecular weight excluding hydrogens is 110 g/mol. The molecule has 1 nitrogen and oxygen atoms in total. The highest BCUT2D eigenvalue weighted by Crippen LogP contribution is 2.23. The van der Waals surface area contributed by atoms with E-state index in [1.165, 1.54) is 6.42 Å². The molecule has 0 saturated carbocycles. The van der Waals surface area contributed by atoms with Crippen LogP contribution in [0.25, 0.3) is 0 Å². The van der Waals surface area contributed by atoms with Crippen molar-refractivity contribution in [2.24, 2.45) is 17.6 Å². The Bertz CT molecular complexity index is 118. The van der Waals surface area contributed by atoms with Gasteiger partial charge >= 0.3 is 0 Å². The van der Waals surface area contributed by atoms with E-state index in [0.29, 0.717) is 17.9 Å². The van der Waals surface area contributed by atoms with Gasteiger partial charge in [0.2, 0.25) is 0 Å². The predicted octanol–water partition coefficient (Wildman–Crippen LogP) is 1.55. The van der Waals surface area contributed by atoms with Crippen molar-refractivity contribution in [3.63, 3.8) is 0 Å². The van der Waals surface area contributed by atoms with Crippen LogP contribution in [0.4, 0.5) is 0 Å². The summed E-state index contributed by atoms with van der Waals surface area (Å²) < 4.78 is 0. The molecule has 0 aromatic carbocycles. The van der Waals surface area contributed by atoms with Crippen molar-refractivity contribution in [1.29, 1.82) is 0 Å². The fraction of sp³-hybridized carbons (Fsp3) is 0.750. The molecule has 0 bridgehead atoms. The van der Waals surface area contributed by atoms with Gasteiger partial charge < -0.3 is 5.73 Å². The van der Waals surface area contributed by atoms with Crippen molar-refractivity contribution in [2.45, 2.75) is 26.3 Å². The fourth-order valence-electron chi connectivity index (χ4n) is 1.37. The quantitative estimate of drug-likeness (QED) is 0.529. The molecule has 0 heterocycles. The van der Waals surface area contributed by atoms with E-state index in [-0.39, 0.29) is 0 Å². The summed E-state index contributed by atoms with van der Waals surface area (Å²) in [5.74, 6) is 1.23. The first-order valence-electron chi connectivity index (χ1n) is 3.69. The second-order valence-electron chi connectivity index (χ2n) is 2.89. The van der Waals surface area contributed by atoms with E-state index in [1.807, 2.05) is 0 Å². The third-order valence-corrected chi connectivity index (χ3v) is 2.23. The maximum Gasteiger partial charge on any atom is 0.0162 e. The van der Waals surface area contributed by atoms with Crippen LogP contribution in [0.3, 0.4) is 0 Å². The Kier molecular flexibility index (Phi) is 1.91. The Morgan fingerprint density at radius 2 is 2.11 bits per heavy atom.